The summed E-state index contributed by atoms with van der Waals surface area (Å²) >= 11 is 0. The van der Waals surface area contributed by atoms with Crippen LogP contribution in [-0.2, 0) is 22.6 Å². The van der Waals surface area contributed by atoms with Crippen molar-refractivity contribution in [3.63, 3.8) is 0 Å². The molecule has 1 aliphatic rings. The highest BCUT2D eigenvalue weighted by Gasteiger charge is 2.21. The van der Waals surface area contributed by atoms with Gasteiger partial charge in [-0.15, -0.1) is 0 Å². The summed E-state index contributed by atoms with van der Waals surface area (Å²) in [6.07, 6.45) is 3.16. The number of benzene rings is 2. The van der Waals surface area contributed by atoms with E-state index in [1.54, 1.807) is 0 Å². The van der Waals surface area contributed by atoms with Crippen LogP contribution in [0.2, 0.25) is 0 Å². The van der Waals surface area contributed by atoms with Crippen molar-refractivity contribution in [1.29, 1.82) is 0 Å². The van der Waals surface area contributed by atoms with Crippen molar-refractivity contribution in [2.45, 2.75) is 38.9 Å². The second-order valence-corrected chi connectivity index (χ2v) is 7.30. The molecule has 0 radical (unpaired) electrons. The van der Waals surface area contributed by atoms with Crippen molar-refractivity contribution in [2.75, 3.05) is 26.2 Å². The van der Waals surface area contributed by atoms with E-state index in [1.807, 2.05) is 30.3 Å². The highest BCUT2D eigenvalue weighted by Crippen LogP contribution is 2.15. The fourth-order valence-electron chi connectivity index (χ4n) is 3.51. The zero-order valence-electron chi connectivity index (χ0n) is 16.2. The summed E-state index contributed by atoms with van der Waals surface area (Å²) < 4.78 is 6.02. The Kier molecular flexibility index (Phi) is 7.43. The fraction of sp³-hybridized carbons (Fsp3) is 0.435. The van der Waals surface area contributed by atoms with Gasteiger partial charge in [0.2, 0.25) is 5.91 Å². The number of ether oxygens (including phenoxy) is 1. The van der Waals surface area contributed by atoms with E-state index in [0.717, 1.165) is 32.4 Å². The van der Waals surface area contributed by atoms with E-state index in [2.05, 4.69) is 41.4 Å². The molecular formula is C23H30N2O2. The molecule has 4 heteroatoms. The van der Waals surface area contributed by atoms with E-state index >= 15 is 0 Å². The van der Waals surface area contributed by atoms with Crippen LogP contribution in [0.1, 0.15) is 29.5 Å². The number of nitrogens with zero attached hydrogens (tertiary/aromatic N) is 1. The van der Waals surface area contributed by atoms with Crippen molar-refractivity contribution in [3.8, 4) is 0 Å². The van der Waals surface area contributed by atoms with Crippen molar-refractivity contribution >= 4 is 5.91 Å². The summed E-state index contributed by atoms with van der Waals surface area (Å²) in [5, 5.41) is 3.05. The third kappa shape index (κ3) is 6.49. The number of likely N-dealkylation sites (tertiary alicyclic amines) is 1. The third-order valence-electron chi connectivity index (χ3n) is 5.21. The van der Waals surface area contributed by atoms with E-state index in [1.165, 1.54) is 16.7 Å². The molecule has 0 spiro atoms. The van der Waals surface area contributed by atoms with Gasteiger partial charge in [0.1, 0.15) is 0 Å². The van der Waals surface area contributed by atoms with Gasteiger partial charge >= 0.3 is 0 Å². The average Bonchev–Trinajstić information content (AvgIpc) is 2.70. The van der Waals surface area contributed by atoms with Gasteiger partial charge < -0.3 is 10.1 Å². The van der Waals surface area contributed by atoms with Crippen molar-refractivity contribution in [3.05, 3.63) is 71.3 Å². The van der Waals surface area contributed by atoms with E-state index in [-0.39, 0.29) is 5.91 Å². The van der Waals surface area contributed by atoms with Crippen LogP contribution < -0.4 is 5.32 Å². The lowest BCUT2D eigenvalue weighted by molar-refractivity contribution is -0.123. The summed E-state index contributed by atoms with van der Waals surface area (Å²) in [7, 11) is 0. The molecule has 0 saturated carbocycles. The number of carbonyl (C=O) groups is 1. The van der Waals surface area contributed by atoms with Gasteiger partial charge in [0.05, 0.1) is 19.3 Å². The first-order valence-electron chi connectivity index (χ1n) is 9.90. The largest absolute Gasteiger partial charge is 0.373 e. The first kappa shape index (κ1) is 19.6. The van der Waals surface area contributed by atoms with Crippen LogP contribution in [0, 0.1) is 6.92 Å². The lowest BCUT2D eigenvalue weighted by atomic mass is 10.1. The third-order valence-corrected chi connectivity index (χ3v) is 5.21. The predicted molar refractivity (Wildman–Crippen MR) is 109 cm³/mol. The maximum absolute atomic E-state index is 12.2. The molecule has 0 bridgehead atoms. The van der Waals surface area contributed by atoms with Gasteiger partial charge in [-0.05, 0) is 42.9 Å². The smallest absolute Gasteiger partial charge is 0.234 e. The monoisotopic (exact) mass is 366 g/mol. The minimum absolute atomic E-state index is 0.118. The van der Waals surface area contributed by atoms with Gasteiger partial charge in [0, 0.05) is 19.6 Å². The molecule has 3 rings (SSSR count). The Morgan fingerprint density at radius 1 is 1.07 bits per heavy atom. The van der Waals surface area contributed by atoms with Crippen LogP contribution in [-0.4, -0.2) is 43.1 Å². The molecule has 1 amide bonds. The van der Waals surface area contributed by atoms with Crippen molar-refractivity contribution in [1.82, 2.24) is 10.2 Å². The van der Waals surface area contributed by atoms with Gasteiger partial charge in [-0.2, -0.15) is 0 Å². The molecule has 1 saturated heterocycles. The number of rotatable bonds is 8. The minimum Gasteiger partial charge on any atom is -0.373 e. The number of piperidine rings is 1. The minimum atomic E-state index is 0.118. The molecule has 0 atom stereocenters. The Morgan fingerprint density at radius 2 is 1.78 bits per heavy atom. The number of carbonyl (C=O) groups excluding carboxylic acids is 1. The Labute approximate surface area is 162 Å². The molecule has 1 N–H and O–H groups in total. The Balaban J connectivity index is 1.30. The highest BCUT2D eigenvalue weighted by molar-refractivity contribution is 5.78. The topological polar surface area (TPSA) is 41.6 Å². The molecular weight excluding hydrogens is 336 g/mol. The zero-order valence-corrected chi connectivity index (χ0v) is 16.2. The molecule has 2 aromatic rings. The van der Waals surface area contributed by atoms with Crippen LogP contribution >= 0.6 is 0 Å². The van der Waals surface area contributed by atoms with Crippen molar-refractivity contribution < 1.29 is 9.53 Å². The molecule has 1 fully saturated rings. The molecule has 0 aliphatic carbocycles. The van der Waals surface area contributed by atoms with Gasteiger partial charge in [-0.1, -0.05) is 54.6 Å². The molecule has 144 valence electrons. The molecule has 0 unspecified atom stereocenters. The fourth-order valence-corrected chi connectivity index (χ4v) is 3.51. The second kappa shape index (κ2) is 10.2. The molecule has 2 aromatic carbocycles. The molecule has 1 aliphatic heterocycles. The summed E-state index contributed by atoms with van der Waals surface area (Å²) in [6.45, 7) is 5.81. The Hall–Kier alpha value is -2.17. The predicted octanol–water partition coefficient (Wildman–Crippen LogP) is 3.33. The summed E-state index contributed by atoms with van der Waals surface area (Å²) in [6, 6.07) is 18.6. The van der Waals surface area contributed by atoms with Gasteiger partial charge in [0.15, 0.2) is 0 Å². The van der Waals surface area contributed by atoms with Crippen LogP contribution in [0.4, 0.5) is 0 Å². The number of amides is 1. The van der Waals surface area contributed by atoms with E-state index in [9.17, 15) is 4.79 Å². The van der Waals surface area contributed by atoms with Gasteiger partial charge in [-0.25, -0.2) is 0 Å². The molecule has 27 heavy (non-hydrogen) atoms. The Bertz CT molecular complexity index is 709. The molecule has 0 aromatic heterocycles. The molecule has 1 heterocycles. The van der Waals surface area contributed by atoms with E-state index in [4.69, 9.17) is 4.74 Å². The van der Waals surface area contributed by atoms with Crippen molar-refractivity contribution in [2.24, 2.45) is 0 Å². The summed E-state index contributed by atoms with van der Waals surface area (Å²) in [4.78, 5) is 14.4. The van der Waals surface area contributed by atoms with Gasteiger partial charge in [0.25, 0.3) is 0 Å². The van der Waals surface area contributed by atoms with E-state index in [0.29, 0.717) is 25.8 Å². The first-order chi connectivity index (χ1) is 13.2. The van der Waals surface area contributed by atoms with E-state index < -0.39 is 0 Å². The van der Waals surface area contributed by atoms with Crippen LogP contribution in [0.25, 0.3) is 0 Å². The summed E-state index contributed by atoms with van der Waals surface area (Å²) in [5.41, 5.74) is 3.80. The van der Waals surface area contributed by atoms with Gasteiger partial charge in [-0.3, -0.25) is 9.69 Å². The number of nitrogens with one attached hydrogen (secondary N) is 1. The maximum atomic E-state index is 12.2. The SMILES string of the molecule is Cc1ccccc1CCNC(=O)CN1CCC(OCc2ccccc2)CC1. The standard InChI is InChI=1S/C23H30N2O2/c1-19-7-5-6-10-21(19)11-14-24-23(26)17-25-15-12-22(13-16-25)27-18-20-8-3-2-4-9-20/h2-10,22H,11-18H2,1H3,(H,24,26). The zero-order chi connectivity index (χ0) is 18.9. The Morgan fingerprint density at radius 3 is 2.52 bits per heavy atom. The normalized spacial score (nSPS) is 15.6. The lowest BCUT2D eigenvalue weighted by Crippen LogP contribution is -2.43. The number of aryl methyl sites for hydroxylation is 1. The van der Waals surface area contributed by atoms with Crippen LogP contribution in [0.15, 0.2) is 54.6 Å². The number of hydrogen-bond donors (Lipinski definition) is 1. The quantitative estimate of drug-likeness (QED) is 0.779. The van der Waals surface area contributed by atoms with Crippen LogP contribution in [0.5, 0.6) is 0 Å². The highest BCUT2D eigenvalue weighted by atomic mass is 16.5. The van der Waals surface area contributed by atoms with Crippen LogP contribution in [0.3, 0.4) is 0 Å². The second-order valence-electron chi connectivity index (χ2n) is 7.30. The average molecular weight is 367 g/mol. The molecule has 4 nitrogen and oxygen atoms in total. The maximum Gasteiger partial charge on any atom is 0.234 e. The first-order valence-corrected chi connectivity index (χ1v) is 9.90. The lowest BCUT2D eigenvalue weighted by Gasteiger charge is -2.31. The summed E-state index contributed by atoms with van der Waals surface area (Å²) in [5.74, 6) is 0.118. The number of hydrogen-bond acceptors (Lipinski definition) is 3.